The molecular weight excluding hydrogens is 286 g/mol. The highest BCUT2D eigenvalue weighted by atomic mass is 32.2. The lowest BCUT2D eigenvalue weighted by Crippen LogP contribution is -2.40. The number of hydrazone groups is 1. The number of benzene rings is 2. The van der Waals surface area contributed by atoms with Crippen molar-refractivity contribution in [3.8, 4) is 11.5 Å². The van der Waals surface area contributed by atoms with Gasteiger partial charge in [-0.2, -0.15) is 5.10 Å². The Kier molecular flexibility index (Phi) is 2.89. The second-order valence-electron chi connectivity index (χ2n) is 4.70. The molecule has 0 saturated heterocycles. The average molecular weight is 299 g/mol. The van der Waals surface area contributed by atoms with Crippen LogP contribution in [0.4, 0.5) is 5.69 Å². The highest BCUT2D eigenvalue weighted by Crippen LogP contribution is 2.41. The molecule has 0 aromatic heterocycles. The summed E-state index contributed by atoms with van der Waals surface area (Å²) in [6.45, 7) is 0.273. The summed E-state index contributed by atoms with van der Waals surface area (Å²) in [5.41, 5.74) is 6.98. The Bertz CT molecular complexity index is 683. The molecule has 0 spiro atoms. The van der Waals surface area contributed by atoms with Crippen molar-refractivity contribution in [2.45, 2.75) is 4.99 Å². The van der Waals surface area contributed by atoms with Crippen molar-refractivity contribution >= 4 is 23.0 Å². The van der Waals surface area contributed by atoms with Crippen LogP contribution in [0.15, 0.2) is 53.6 Å². The fraction of sp³-hybridized carbons (Fsp3) is 0.133. The molecule has 2 N–H and O–H groups in total. The zero-order valence-corrected chi connectivity index (χ0v) is 11.9. The van der Waals surface area contributed by atoms with E-state index in [2.05, 4.69) is 15.8 Å². The molecule has 2 heterocycles. The highest BCUT2D eigenvalue weighted by Gasteiger charge is 2.36. The number of ether oxygens (including phenoxy) is 2. The SMILES string of the molecule is C1=NNC(Nc2ccccc2)(c2ccc3c(c2)OCO3)S1. The predicted octanol–water partition coefficient (Wildman–Crippen LogP) is 2.92. The minimum Gasteiger partial charge on any atom is -0.454 e. The Morgan fingerprint density at radius 1 is 1.10 bits per heavy atom. The zero-order valence-electron chi connectivity index (χ0n) is 11.1. The first-order valence-electron chi connectivity index (χ1n) is 6.56. The van der Waals surface area contributed by atoms with Crippen molar-refractivity contribution in [2.75, 3.05) is 12.1 Å². The maximum Gasteiger partial charge on any atom is 0.231 e. The van der Waals surface area contributed by atoms with Crippen molar-refractivity contribution in [1.82, 2.24) is 5.43 Å². The number of hydrogen-bond acceptors (Lipinski definition) is 6. The fourth-order valence-corrected chi connectivity index (χ4v) is 3.16. The number of nitrogens with zero attached hydrogens (tertiary/aromatic N) is 1. The van der Waals surface area contributed by atoms with Gasteiger partial charge >= 0.3 is 0 Å². The Hall–Kier alpha value is -2.34. The van der Waals surface area contributed by atoms with Crippen molar-refractivity contribution in [1.29, 1.82) is 0 Å². The molecule has 4 rings (SSSR count). The number of hydrogen-bond donors (Lipinski definition) is 2. The van der Waals surface area contributed by atoms with E-state index in [0.717, 1.165) is 22.7 Å². The number of nitrogens with one attached hydrogen (secondary N) is 2. The lowest BCUT2D eigenvalue weighted by Gasteiger charge is -2.30. The Balaban J connectivity index is 1.71. The third-order valence-corrected chi connectivity index (χ3v) is 4.37. The summed E-state index contributed by atoms with van der Waals surface area (Å²) in [5, 5.41) is 7.65. The molecule has 0 saturated carbocycles. The van der Waals surface area contributed by atoms with E-state index < -0.39 is 4.99 Å². The minimum absolute atomic E-state index is 0.273. The summed E-state index contributed by atoms with van der Waals surface area (Å²) < 4.78 is 10.8. The molecule has 1 unspecified atom stereocenters. The molecule has 1 atom stereocenters. The van der Waals surface area contributed by atoms with Gasteiger partial charge in [-0.3, -0.25) is 5.43 Å². The number of rotatable bonds is 3. The Morgan fingerprint density at radius 3 is 2.76 bits per heavy atom. The molecule has 0 fully saturated rings. The Labute approximate surface area is 126 Å². The van der Waals surface area contributed by atoms with E-state index in [1.54, 1.807) is 17.3 Å². The van der Waals surface area contributed by atoms with Gasteiger partial charge in [-0.05, 0) is 30.3 Å². The fourth-order valence-electron chi connectivity index (χ4n) is 2.35. The van der Waals surface area contributed by atoms with E-state index in [9.17, 15) is 0 Å². The van der Waals surface area contributed by atoms with E-state index >= 15 is 0 Å². The molecule has 0 bridgehead atoms. The quantitative estimate of drug-likeness (QED) is 0.912. The van der Waals surface area contributed by atoms with Gasteiger partial charge in [0.25, 0.3) is 0 Å². The largest absolute Gasteiger partial charge is 0.454 e. The van der Waals surface area contributed by atoms with Crippen molar-refractivity contribution < 1.29 is 9.47 Å². The summed E-state index contributed by atoms with van der Waals surface area (Å²) >= 11 is 1.57. The standard InChI is InChI=1S/C15H13N3O2S/c1-2-4-12(5-3-1)17-15(18-16-9-21-15)11-6-7-13-14(8-11)20-10-19-13/h1-9,17-18H,10H2. The lowest BCUT2D eigenvalue weighted by atomic mass is 10.1. The van der Waals surface area contributed by atoms with E-state index in [-0.39, 0.29) is 6.79 Å². The van der Waals surface area contributed by atoms with Crippen molar-refractivity contribution in [3.05, 3.63) is 54.1 Å². The lowest BCUT2D eigenvalue weighted by molar-refractivity contribution is 0.174. The molecular formula is C15H13N3O2S. The van der Waals surface area contributed by atoms with Crippen LogP contribution in [-0.4, -0.2) is 12.3 Å². The molecule has 6 heteroatoms. The topological polar surface area (TPSA) is 54.9 Å². The first-order chi connectivity index (χ1) is 10.4. The summed E-state index contributed by atoms with van der Waals surface area (Å²) in [5.74, 6) is 1.54. The monoisotopic (exact) mass is 299 g/mol. The molecule has 2 aromatic rings. The van der Waals surface area contributed by atoms with E-state index in [4.69, 9.17) is 9.47 Å². The second kappa shape index (κ2) is 4.89. The van der Waals surface area contributed by atoms with Crippen LogP contribution in [0.2, 0.25) is 0 Å². The third-order valence-electron chi connectivity index (χ3n) is 3.38. The number of anilines is 1. The van der Waals surface area contributed by atoms with Crippen LogP contribution >= 0.6 is 11.8 Å². The van der Waals surface area contributed by atoms with Gasteiger partial charge in [0, 0.05) is 11.3 Å². The molecule has 0 radical (unpaired) electrons. The summed E-state index contributed by atoms with van der Waals surface area (Å²) in [6, 6.07) is 15.9. The van der Waals surface area contributed by atoms with Gasteiger partial charge in [0.15, 0.2) is 11.5 Å². The van der Waals surface area contributed by atoms with Crippen LogP contribution in [0.1, 0.15) is 5.56 Å². The van der Waals surface area contributed by atoms with Crippen LogP contribution in [0.3, 0.4) is 0 Å². The van der Waals surface area contributed by atoms with Crippen LogP contribution in [0, 0.1) is 0 Å². The molecule has 0 amide bonds. The van der Waals surface area contributed by atoms with Gasteiger partial charge in [-0.25, -0.2) is 0 Å². The Morgan fingerprint density at radius 2 is 1.95 bits per heavy atom. The van der Waals surface area contributed by atoms with Gasteiger partial charge in [-0.1, -0.05) is 30.0 Å². The van der Waals surface area contributed by atoms with Crippen molar-refractivity contribution in [3.63, 3.8) is 0 Å². The van der Waals surface area contributed by atoms with E-state index in [0.29, 0.717) is 0 Å². The van der Waals surface area contributed by atoms with E-state index in [1.165, 1.54) is 0 Å². The predicted molar refractivity (Wildman–Crippen MR) is 83.5 cm³/mol. The van der Waals surface area contributed by atoms with Crippen LogP contribution in [0.25, 0.3) is 0 Å². The normalized spacial score (nSPS) is 22.1. The molecule has 2 aromatic carbocycles. The molecule has 0 aliphatic carbocycles. The first kappa shape index (κ1) is 12.4. The highest BCUT2D eigenvalue weighted by molar-refractivity contribution is 8.13. The maximum atomic E-state index is 5.47. The van der Waals surface area contributed by atoms with Crippen LogP contribution in [0.5, 0.6) is 11.5 Å². The average Bonchev–Trinajstić information content (AvgIpc) is 3.17. The third kappa shape index (κ3) is 2.17. The molecule has 106 valence electrons. The molecule has 5 nitrogen and oxygen atoms in total. The smallest absolute Gasteiger partial charge is 0.231 e. The summed E-state index contributed by atoms with van der Waals surface area (Å²) in [7, 11) is 0. The number of fused-ring (bicyclic) bond motifs is 1. The van der Waals surface area contributed by atoms with Gasteiger partial charge in [-0.15, -0.1) is 0 Å². The number of para-hydroxylation sites is 1. The van der Waals surface area contributed by atoms with Crippen molar-refractivity contribution in [2.24, 2.45) is 5.10 Å². The molecule has 2 aliphatic rings. The van der Waals surface area contributed by atoms with Gasteiger partial charge in [0.05, 0.1) is 5.55 Å². The van der Waals surface area contributed by atoms with Crippen LogP contribution < -0.4 is 20.2 Å². The molecule has 2 aliphatic heterocycles. The summed E-state index contributed by atoms with van der Waals surface area (Å²) in [6.07, 6.45) is 0. The molecule has 21 heavy (non-hydrogen) atoms. The van der Waals surface area contributed by atoms with E-state index in [1.807, 2.05) is 48.5 Å². The van der Waals surface area contributed by atoms with Gasteiger partial charge in [0.1, 0.15) is 0 Å². The number of thioether (sulfide) groups is 1. The minimum atomic E-state index is -0.539. The van der Waals surface area contributed by atoms with Crippen LogP contribution in [-0.2, 0) is 4.99 Å². The van der Waals surface area contributed by atoms with Gasteiger partial charge in [0.2, 0.25) is 11.8 Å². The maximum absolute atomic E-state index is 5.47. The second-order valence-corrected chi connectivity index (χ2v) is 5.76. The zero-order chi connectivity index (χ0) is 14.1. The summed E-state index contributed by atoms with van der Waals surface area (Å²) in [4.78, 5) is -0.539. The first-order valence-corrected chi connectivity index (χ1v) is 7.44. The van der Waals surface area contributed by atoms with Gasteiger partial charge < -0.3 is 14.8 Å².